The highest BCUT2D eigenvalue weighted by molar-refractivity contribution is 5.92. The van der Waals surface area contributed by atoms with E-state index in [1.54, 1.807) is 19.1 Å². The van der Waals surface area contributed by atoms with Crippen LogP contribution in [0.25, 0.3) is 0 Å². The maximum atomic E-state index is 13.5. The van der Waals surface area contributed by atoms with Crippen LogP contribution in [0.3, 0.4) is 0 Å². The molecule has 1 fully saturated rings. The molecule has 7 heteroatoms. The molecule has 1 aliphatic heterocycles. The highest BCUT2D eigenvalue weighted by Crippen LogP contribution is 2.33. The van der Waals surface area contributed by atoms with Crippen molar-refractivity contribution in [3.8, 4) is 0 Å². The summed E-state index contributed by atoms with van der Waals surface area (Å²) in [5, 5.41) is 9.93. The van der Waals surface area contributed by atoms with E-state index in [9.17, 15) is 19.1 Å². The average molecular weight is 317 g/mol. The van der Waals surface area contributed by atoms with E-state index in [1.807, 2.05) is 0 Å². The summed E-state index contributed by atoms with van der Waals surface area (Å²) < 4.78 is 13.5. The molecule has 0 spiro atoms. The molecule has 1 aromatic heterocycles. The Morgan fingerprint density at radius 2 is 2.22 bits per heavy atom. The predicted molar refractivity (Wildman–Crippen MR) is 80.4 cm³/mol. The van der Waals surface area contributed by atoms with Gasteiger partial charge in [0.2, 0.25) is 0 Å². The van der Waals surface area contributed by atoms with Gasteiger partial charge in [-0.25, -0.2) is 9.18 Å². The molecular formula is C16H16FN3O3. The molecule has 2 atom stereocenters. The zero-order valence-corrected chi connectivity index (χ0v) is 12.5. The molecule has 2 unspecified atom stereocenters. The van der Waals surface area contributed by atoms with Gasteiger partial charge in [-0.2, -0.15) is 4.98 Å². The number of hydrogen-bond donors (Lipinski definition) is 2. The molecule has 0 bridgehead atoms. The highest BCUT2D eigenvalue weighted by Gasteiger charge is 2.36. The fourth-order valence-electron chi connectivity index (χ4n) is 2.90. The molecule has 1 saturated heterocycles. The SMILES string of the molecule is Cc1cc(C(=O)N2CC(O)CC2c2cccc(F)c2)nc(=O)[nH]1. The molecule has 0 saturated carbocycles. The smallest absolute Gasteiger partial charge is 0.345 e. The molecule has 1 aromatic carbocycles. The quantitative estimate of drug-likeness (QED) is 0.870. The van der Waals surface area contributed by atoms with E-state index in [0.29, 0.717) is 17.7 Å². The number of amides is 1. The second kappa shape index (κ2) is 5.92. The third-order valence-corrected chi connectivity index (χ3v) is 3.87. The summed E-state index contributed by atoms with van der Waals surface area (Å²) in [4.78, 5) is 31.7. The second-order valence-corrected chi connectivity index (χ2v) is 5.67. The van der Waals surface area contributed by atoms with Crippen LogP contribution in [0, 0.1) is 12.7 Å². The van der Waals surface area contributed by atoms with Crippen molar-refractivity contribution in [3.63, 3.8) is 0 Å². The Labute approximate surface area is 131 Å². The number of nitrogens with one attached hydrogen (secondary N) is 1. The largest absolute Gasteiger partial charge is 0.391 e. The number of aryl methyl sites for hydroxylation is 1. The summed E-state index contributed by atoms with van der Waals surface area (Å²) in [5.41, 5.74) is 0.545. The van der Waals surface area contributed by atoms with E-state index in [1.165, 1.54) is 23.1 Å². The maximum absolute atomic E-state index is 13.5. The minimum atomic E-state index is -0.699. The van der Waals surface area contributed by atoms with E-state index in [4.69, 9.17) is 0 Å². The van der Waals surface area contributed by atoms with Crippen LogP contribution in [0.1, 0.15) is 34.2 Å². The summed E-state index contributed by atoms with van der Waals surface area (Å²) in [6, 6.07) is 6.98. The lowest BCUT2D eigenvalue weighted by atomic mass is 10.0. The number of aliphatic hydroxyl groups is 1. The van der Waals surface area contributed by atoms with Crippen molar-refractivity contribution >= 4 is 5.91 Å². The lowest BCUT2D eigenvalue weighted by Gasteiger charge is -2.24. The van der Waals surface area contributed by atoms with Crippen molar-refractivity contribution in [2.45, 2.75) is 25.5 Å². The predicted octanol–water partition coefficient (Wildman–Crippen LogP) is 1.17. The van der Waals surface area contributed by atoms with E-state index >= 15 is 0 Å². The summed E-state index contributed by atoms with van der Waals surface area (Å²) in [7, 11) is 0. The van der Waals surface area contributed by atoms with E-state index in [-0.39, 0.29) is 12.2 Å². The van der Waals surface area contributed by atoms with Gasteiger partial charge in [0.05, 0.1) is 12.1 Å². The number of β-amino-alcohol motifs (C(OH)–C–C–N with tert-alkyl or cyclic N) is 1. The molecule has 2 aromatic rings. The number of rotatable bonds is 2. The number of halogens is 1. The number of carbonyl (C=O) groups excluding carboxylic acids is 1. The van der Waals surface area contributed by atoms with Crippen molar-refractivity contribution in [3.05, 3.63) is 63.6 Å². The van der Waals surface area contributed by atoms with E-state index in [0.717, 1.165) is 0 Å². The Bertz CT molecular complexity index is 805. The van der Waals surface area contributed by atoms with Gasteiger partial charge in [0.15, 0.2) is 0 Å². The van der Waals surface area contributed by atoms with Gasteiger partial charge in [-0.1, -0.05) is 12.1 Å². The van der Waals surface area contributed by atoms with Gasteiger partial charge in [0.25, 0.3) is 5.91 Å². The summed E-state index contributed by atoms with van der Waals surface area (Å²) in [5.74, 6) is -0.855. The van der Waals surface area contributed by atoms with Gasteiger partial charge >= 0.3 is 5.69 Å². The van der Waals surface area contributed by atoms with E-state index in [2.05, 4.69) is 9.97 Å². The number of likely N-dealkylation sites (tertiary alicyclic amines) is 1. The molecule has 6 nitrogen and oxygen atoms in total. The zero-order chi connectivity index (χ0) is 16.6. The molecule has 1 amide bonds. The number of H-pyrrole nitrogens is 1. The van der Waals surface area contributed by atoms with E-state index < -0.39 is 29.6 Å². The maximum Gasteiger partial charge on any atom is 0.345 e. The van der Waals surface area contributed by atoms with Crippen LogP contribution in [-0.4, -0.2) is 38.5 Å². The molecule has 0 radical (unpaired) electrons. The van der Waals surface area contributed by atoms with Crippen molar-refractivity contribution in [1.82, 2.24) is 14.9 Å². The number of hydrogen-bond acceptors (Lipinski definition) is 4. The minimum absolute atomic E-state index is 0.0155. The third-order valence-electron chi connectivity index (χ3n) is 3.87. The van der Waals surface area contributed by atoms with Gasteiger partial charge in [0, 0.05) is 12.2 Å². The first kappa shape index (κ1) is 15.4. The molecule has 2 heterocycles. The van der Waals surface area contributed by atoms with Gasteiger partial charge in [0.1, 0.15) is 11.5 Å². The lowest BCUT2D eigenvalue weighted by molar-refractivity contribution is 0.0709. The minimum Gasteiger partial charge on any atom is -0.391 e. The van der Waals surface area contributed by atoms with Crippen molar-refractivity contribution < 1.29 is 14.3 Å². The number of aliphatic hydroxyl groups excluding tert-OH is 1. The highest BCUT2D eigenvalue weighted by atomic mass is 19.1. The molecular weight excluding hydrogens is 301 g/mol. The van der Waals surface area contributed by atoms with Gasteiger partial charge < -0.3 is 15.0 Å². The first-order valence-electron chi connectivity index (χ1n) is 7.26. The number of aromatic amines is 1. The number of nitrogens with zero attached hydrogens (tertiary/aromatic N) is 2. The fourth-order valence-corrected chi connectivity index (χ4v) is 2.90. The Morgan fingerprint density at radius 1 is 1.43 bits per heavy atom. The van der Waals surface area contributed by atoms with Crippen molar-refractivity contribution in [2.75, 3.05) is 6.54 Å². The Kier molecular flexibility index (Phi) is 3.96. The fraction of sp³-hybridized carbons (Fsp3) is 0.312. The monoisotopic (exact) mass is 317 g/mol. The van der Waals surface area contributed by atoms with Gasteiger partial charge in [-0.15, -0.1) is 0 Å². The zero-order valence-electron chi connectivity index (χ0n) is 12.5. The molecule has 3 rings (SSSR count). The standard InChI is InChI=1S/C16H16FN3O3/c1-9-5-13(19-16(23)18-9)15(22)20-8-12(21)7-14(20)10-3-2-4-11(17)6-10/h2-6,12,14,21H,7-8H2,1H3,(H,18,19,23). The lowest BCUT2D eigenvalue weighted by Crippen LogP contribution is -2.34. The van der Waals surface area contributed by atoms with Crippen molar-refractivity contribution in [2.24, 2.45) is 0 Å². The summed E-state index contributed by atoms with van der Waals surface area (Å²) in [6.07, 6.45) is -0.382. The van der Waals surface area contributed by atoms with Gasteiger partial charge in [-0.3, -0.25) is 4.79 Å². The van der Waals surface area contributed by atoms with Crippen LogP contribution in [0.5, 0.6) is 0 Å². The average Bonchev–Trinajstić information content (AvgIpc) is 2.87. The van der Waals surface area contributed by atoms with Crippen LogP contribution in [0.15, 0.2) is 35.1 Å². The third kappa shape index (κ3) is 3.14. The first-order chi connectivity index (χ1) is 10.9. The molecule has 120 valence electrons. The van der Waals surface area contributed by atoms with Crippen LogP contribution < -0.4 is 5.69 Å². The van der Waals surface area contributed by atoms with Crippen LogP contribution in [-0.2, 0) is 0 Å². The van der Waals surface area contributed by atoms with Crippen LogP contribution in [0.2, 0.25) is 0 Å². The second-order valence-electron chi connectivity index (χ2n) is 5.67. The first-order valence-corrected chi connectivity index (χ1v) is 7.26. The van der Waals surface area contributed by atoms with Crippen molar-refractivity contribution in [1.29, 1.82) is 0 Å². The topological polar surface area (TPSA) is 86.3 Å². The van der Waals surface area contributed by atoms with Gasteiger partial charge in [-0.05, 0) is 37.1 Å². The number of carbonyl (C=O) groups is 1. The Balaban J connectivity index is 1.96. The molecule has 1 aliphatic rings. The van der Waals surface area contributed by atoms with Crippen LogP contribution in [0.4, 0.5) is 4.39 Å². The Morgan fingerprint density at radius 3 is 2.91 bits per heavy atom. The molecule has 2 N–H and O–H groups in total. The molecule has 0 aliphatic carbocycles. The number of aromatic nitrogens is 2. The molecule has 23 heavy (non-hydrogen) atoms. The Hall–Kier alpha value is -2.54. The normalized spacial score (nSPS) is 20.7. The summed E-state index contributed by atoms with van der Waals surface area (Å²) >= 11 is 0. The van der Waals surface area contributed by atoms with Crippen LogP contribution >= 0.6 is 0 Å². The number of benzene rings is 1. The summed E-state index contributed by atoms with van der Waals surface area (Å²) in [6.45, 7) is 1.77.